The molecule has 14 heteroatoms. The van der Waals surface area contributed by atoms with E-state index in [2.05, 4.69) is 35.1 Å². The van der Waals surface area contributed by atoms with Crippen molar-refractivity contribution in [3.8, 4) is 5.88 Å². The number of rotatable bonds is 11. The first kappa shape index (κ1) is 31.3. The average Bonchev–Trinajstić information content (AvgIpc) is 3.86. The molecule has 4 heterocycles. The lowest BCUT2D eigenvalue weighted by Crippen LogP contribution is -2.28. The Labute approximate surface area is 284 Å². The molecule has 1 aliphatic heterocycles. The highest BCUT2D eigenvalue weighted by Crippen LogP contribution is 2.33. The molecule has 0 saturated heterocycles. The van der Waals surface area contributed by atoms with Gasteiger partial charge in [-0.05, 0) is 47.5 Å². The van der Waals surface area contributed by atoms with E-state index in [1.807, 2.05) is 78.7 Å². The van der Waals surface area contributed by atoms with E-state index in [4.69, 9.17) is 26.2 Å². The number of thiazole rings is 1. The number of nitrogens with two attached hydrogens (primary N) is 1. The van der Waals surface area contributed by atoms with Crippen LogP contribution in [0.3, 0.4) is 0 Å². The second-order valence-corrected chi connectivity index (χ2v) is 12.1. The monoisotopic (exact) mass is 671 g/mol. The number of oxazole rings is 1. The molecule has 7 rings (SSSR count). The van der Waals surface area contributed by atoms with Crippen LogP contribution in [-0.2, 0) is 24.3 Å². The number of hydrogen-bond donors (Lipinski definition) is 2. The third kappa shape index (κ3) is 7.16. The number of likely N-dealkylation sites (N-methyl/N-ethyl adjacent to an activating group) is 1. The highest BCUT2D eigenvalue weighted by molar-refractivity contribution is 7.19. The molecule has 3 N–H and O–H groups in total. The number of alkyl carbamates (subject to hydrolysis) is 1. The molecule has 244 valence electrons. The van der Waals surface area contributed by atoms with Crippen molar-refractivity contribution in [2.75, 3.05) is 30.8 Å². The lowest BCUT2D eigenvalue weighted by atomic mass is 10.1. The number of aliphatic imine (C=N–C) groups is 1. The van der Waals surface area contributed by atoms with Gasteiger partial charge >= 0.3 is 6.09 Å². The predicted octanol–water partition coefficient (Wildman–Crippen LogP) is 6.43. The Morgan fingerprint density at radius 3 is 2.76 bits per heavy atom. The molecule has 0 atom stereocenters. The molecule has 6 aromatic rings. The van der Waals surface area contributed by atoms with Crippen LogP contribution in [0.25, 0.3) is 37.9 Å². The number of nitrogens with zero attached hydrogens (tertiary/aromatic N) is 7. The van der Waals surface area contributed by atoms with Gasteiger partial charge in [-0.25, -0.2) is 24.6 Å². The Kier molecular flexibility index (Phi) is 8.81. The Balaban J connectivity index is 0.877. The standard InChI is InChI=1S/C35H29N9O4S/c1-37-27(32-41-24-5-3-4-6-28(24)48-32)18-30-40-25-12-11-23(17-29(25)49-30)44(2)15-16-46-35(45)39-19-21-7-9-22(10-8-21)20-47-33-31-26(13-14-38-31)42-34(36)43-33/h3-12,14,17-18H,13,15-16,19-20H2,2H3,(H,39,45)(H2,36,42,43)/b27-18-. The average molecular weight is 672 g/mol. The van der Waals surface area contributed by atoms with Gasteiger partial charge in [0.25, 0.3) is 5.70 Å². The van der Waals surface area contributed by atoms with Crippen molar-refractivity contribution in [1.29, 1.82) is 0 Å². The molecular formula is C35H29N9O4S. The summed E-state index contributed by atoms with van der Waals surface area (Å²) >= 11 is 1.47. The molecule has 0 aliphatic carbocycles. The Hall–Kier alpha value is -6.33. The molecule has 49 heavy (non-hydrogen) atoms. The number of para-hydroxylation sites is 2. The minimum absolute atomic E-state index is 0.158. The third-order valence-corrected chi connectivity index (χ3v) is 8.63. The van der Waals surface area contributed by atoms with Crippen molar-refractivity contribution in [3.05, 3.63) is 106 Å². The van der Waals surface area contributed by atoms with Gasteiger partial charge in [0.15, 0.2) is 5.58 Å². The van der Waals surface area contributed by atoms with Gasteiger partial charge in [0.1, 0.15) is 29.4 Å². The number of ether oxygens (including phenoxy) is 2. The smallest absolute Gasteiger partial charge is 0.407 e. The first-order valence-corrected chi connectivity index (χ1v) is 16.1. The van der Waals surface area contributed by atoms with Crippen LogP contribution in [0.5, 0.6) is 5.88 Å². The molecule has 0 saturated carbocycles. The highest BCUT2D eigenvalue weighted by atomic mass is 32.1. The van der Waals surface area contributed by atoms with E-state index in [9.17, 15) is 4.79 Å². The first-order chi connectivity index (χ1) is 23.9. The van der Waals surface area contributed by atoms with Gasteiger partial charge in [-0.3, -0.25) is 4.99 Å². The van der Waals surface area contributed by atoms with E-state index in [0.29, 0.717) is 53.8 Å². The second kappa shape index (κ2) is 13.8. The van der Waals surface area contributed by atoms with E-state index in [0.717, 1.165) is 32.7 Å². The van der Waals surface area contributed by atoms with Gasteiger partial charge in [0, 0.05) is 31.9 Å². The Bertz CT molecular complexity index is 2240. The molecule has 0 bridgehead atoms. The SMILES string of the molecule is [C-]#[N+]/C(=C\c1nc2ccc(N(C)CCOC(=O)NCc3ccc(COc4nc(N)nc5c4N=CC5)cc3)cc2s1)c1nc2ccccc2o1. The van der Waals surface area contributed by atoms with Crippen molar-refractivity contribution in [1.82, 2.24) is 25.3 Å². The largest absolute Gasteiger partial charge is 0.471 e. The third-order valence-electron chi connectivity index (χ3n) is 7.66. The number of hydrogen-bond acceptors (Lipinski definition) is 12. The molecule has 1 amide bonds. The second-order valence-electron chi connectivity index (χ2n) is 11.0. The summed E-state index contributed by atoms with van der Waals surface area (Å²) in [5.41, 5.74) is 12.4. The fourth-order valence-corrected chi connectivity index (χ4v) is 6.04. The maximum absolute atomic E-state index is 12.4. The Morgan fingerprint density at radius 1 is 1.08 bits per heavy atom. The molecule has 13 nitrogen and oxygen atoms in total. The van der Waals surface area contributed by atoms with Crippen molar-refractivity contribution in [2.24, 2.45) is 4.99 Å². The quantitative estimate of drug-likeness (QED) is 0.147. The van der Waals surface area contributed by atoms with Crippen LogP contribution in [0.2, 0.25) is 0 Å². The molecule has 0 spiro atoms. The zero-order chi connectivity index (χ0) is 33.7. The molecule has 0 radical (unpaired) electrons. The van der Waals surface area contributed by atoms with Crippen LogP contribution in [0.4, 0.5) is 22.1 Å². The van der Waals surface area contributed by atoms with E-state index >= 15 is 0 Å². The molecule has 3 aromatic heterocycles. The number of benzene rings is 3. The van der Waals surface area contributed by atoms with Crippen LogP contribution >= 0.6 is 11.3 Å². The number of carbonyl (C=O) groups is 1. The van der Waals surface area contributed by atoms with E-state index in [1.165, 1.54) is 11.3 Å². The summed E-state index contributed by atoms with van der Waals surface area (Å²) < 4.78 is 18.0. The summed E-state index contributed by atoms with van der Waals surface area (Å²) in [6.07, 6.45) is 3.56. The normalized spacial score (nSPS) is 12.2. The number of amides is 1. The van der Waals surface area contributed by atoms with Gasteiger partial charge in [0.05, 0.1) is 29.0 Å². The van der Waals surface area contributed by atoms with Gasteiger partial charge < -0.3 is 29.8 Å². The number of nitrogen functional groups attached to an aromatic ring is 1. The highest BCUT2D eigenvalue weighted by Gasteiger charge is 2.18. The van der Waals surface area contributed by atoms with Crippen LogP contribution < -0.4 is 20.7 Å². The lowest BCUT2D eigenvalue weighted by molar-refractivity contribution is 0.148. The zero-order valence-electron chi connectivity index (χ0n) is 26.3. The van der Waals surface area contributed by atoms with E-state index in [1.54, 1.807) is 12.3 Å². The molecular weight excluding hydrogens is 643 g/mol. The van der Waals surface area contributed by atoms with Crippen molar-refractivity contribution in [2.45, 2.75) is 19.6 Å². The summed E-state index contributed by atoms with van der Waals surface area (Å²) in [5, 5.41) is 3.47. The lowest BCUT2D eigenvalue weighted by Gasteiger charge is -2.19. The van der Waals surface area contributed by atoms with Gasteiger partial charge in [-0.15, -0.1) is 11.3 Å². The number of fused-ring (bicyclic) bond motifs is 3. The maximum atomic E-state index is 12.4. The van der Waals surface area contributed by atoms with Crippen LogP contribution in [0, 0.1) is 6.57 Å². The molecule has 3 aromatic carbocycles. The minimum Gasteiger partial charge on any atom is -0.471 e. The van der Waals surface area contributed by atoms with Crippen molar-refractivity contribution >= 4 is 74.1 Å². The fraction of sp³-hybridized carbons (Fsp3) is 0.171. The van der Waals surface area contributed by atoms with Gasteiger partial charge in [0.2, 0.25) is 17.7 Å². The topological polar surface area (TPSA) is 158 Å². The van der Waals surface area contributed by atoms with Crippen molar-refractivity contribution in [3.63, 3.8) is 0 Å². The van der Waals surface area contributed by atoms with Crippen molar-refractivity contribution < 1.29 is 18.7 Å². The fourth-order valence-electron chi connectivity index (χ4n) is 5.10. The molecule has 1 aliphatic rings. The number of carbonyl (C=O) groups excluding carboxylic acids is 1. The number of nitrogens with one attached hydrogen (secondary N) is 1. The summed E-state index contributed by atoms with van der Waals surface area (Å²) in [7, 11) is 1.93. The molecule has 0 fully saturated rings. The van der Waals surface area contributed by atoms with Gasteiger partial charge in [-0.2, -0.15) is 4.98 Å². The van der Waals surface area contributed by atoms with E-state index < -0.39 is 6.09 Å². The van der Waals surface area contributed by atoms with Crippen LogP contribution in [0.1, 0.15) is 27.7 Å². The molecule has 0 unspecified atom stereocenters. The number of anilines is 2. The first-order valence-electron chi connectivity index (χ1n) is 15.3. The Morgan fingerprint density at radius 2 is 1.92 bits per heavy atom. The van der Waals surface area contributed by atoms with Crippen LogP contribution in [-0.4, -0.2) is 52.4 Å². The maximum Gasteiger partial charge on any atom is 0.407 e. The number of aromatic nitrogens is 4. The summed E-state index contributed by atoms with van der Waals surface area (Å²) in [6, 6.07) is 21.0. The summed E-state index contributed by atoms with van der Waals surface area (Å²) in [4.78, 5) is 39.7. The zero-order valence-corrected chi connectivity index (χ0v) is 27.1. The van der Waals surface area contributed by atoms with E-state index in [-0.39, 0.29) is 24.1 Å². The van der Waals surface area contributed by atoms with Crippen LogP contribution in [0.15, 0.2) is 76.1 Å². The van der Waals surface area contributed by atoms with Gasteiger partial charge in [-0.1, -0.05) is 36.4 Å². The summed E-state index contributed by atoms with van der Waals surface area (Å²) in [6.45, 7) is 8.96. The minimum atomic E-state index is -0.500. The summed E-state index contributed by atoms with van der Waals surface area (Å²) in [5.74, 6) is 0.793. The predicted molar refractivity (Wildman–Crippen MR) is 189 cm³/mol.